The van der Waals surface area contributed by atoms with Crippen molar-refractivity contribution >= 4 is 9.04 Å². The van der Waals surface area contributed by atoms with Gasteiger partial charge in [0.2, 0.25) is 0 Å². The van der Waals surface area contributed by atoms with E-state index in [1.165, 1.54) is 0 Å². The van der Waals surface area contributed by atoms with Crippen LogP contribution in [0.2, 0.25) is 12.1 Å². The molecule has 0 aliphatic rings. The molecule has 0 aliphatic carbocycles. The molecule has 0 spiro atoms. The Bertz CT molecular complexity index is 30.9. The highest BCUT2D eigenvalue weighted by atomic mass is 28.3. The van der Waals surface area contributed by atoms with Gasteiger partial charge in [0.05, 0.1) is 0 Å². The summed E-state index contributed by atoms with van der Waals surface area (Å²) in [7, 11) is -1.16. The zero-order valence-corrected chi connectivity index (χ0v) is 5.59. The van der Waals surface area contributed by atoms with Gasteiger partial charge >= 0.3 is 1.43 Å². The molecule has 38 valence electrons. The van der Waals surface area contributed by atoms with E-state index in [1.807, 2.05) is 13.8 Å². The van der Waals surface area contributed by atoms with Crippen molar-refractivity contribution in [3.8, 4) is 0 Å². The average Bonchev–Trinajstić information content (AvgIpc) is 1.65. The van der Waals surface area contributed by atoms with Crippen molar-refractivity contribution in [3.63, 3.8) is 0 Å². The molecule has 0 radical (unpaired) electrons. The molecule has 0 fully saturated rings. The first-order chi connectivity index (χ1) is 2.81. The molecule has 2 heteroatoms. The molecule has 0 amide bonds. The smallest absolute Gasteiger partial charge is 0.435 e. The zero-order chi connectivity index (χ0) is 4.99. The van der Waals surface area contributed by atoms with E-state index in [0.29, 0.717) is 0 Å². The van der Waals surface area contributed by atoms with Crippen LogP contribution in [0.15, 0.2) is 0 Å². The lowest BCUT2D eigenvalue weighted by Gasteiger charge is -1.94. The van der Waals surface area contributed by atoms with E-state index in [0.717, 1.165) is 12.1 Å². The predicted molar refractivity (Wildman–Crippen MR) is 31.4 cm³/mol. The van der Waals surface area contributed by atoms with Crippen molar-refractivity contribution < 1.29 is 6.22 Å². The molecule has 0 heterocycles. The van der Waals surface area contributed by atoms with Crippen molar-refractivity contribution in [1.82, 2.24) is 0 Å². The molecular formula is C4H13OSi+. The van der Waals surface area contributed by atoms with E-state index < -0.39 is 9.04 Å². The minimum absolute atomic E-state index is 0. The summed E-state index contributed by atoms with van der Waals surface area (Å²) >= 11 is 0. The molecule has 1 nitrogen and oxygen atoms in total. The van der Waals surface area contributed by atoms with Crippen LogP contribution >= 0.6 is 0 Å². The predicted octanol–water partition coefficient (Wildman–Crippen LogP) is 0.855. The Hall–Kier alpha value is 0.177. The summed E-state index contributed by atoms with van der Waals surface area (Å²) in [6.45, 7) is 4.08. The second kappa shape index (κ2) is 3.37. The van der Waals surface area contributed by atoms with Gasteiger partial charge in [0.15, 0.2) is 9.04 Å². The number of rotatable bonds is 2. The Balaban J connectivity index is 0. The second-order valence-corrected chi connectivity index (χ2v) is 4.41. The lowest BCUT2D eigenvalue weighted by Crippen LogP contribution is -2.05. The third-order valence-corrected chi connectivity index (χ3v) is 2.83. The molecule has 0 rings (SSSR count). The summed E-state index contributed by atoms with van der Waals surface area (Å²) < 4.78 is 0. The van der Waals surface area contributed by atoms with Gasteiger partial charge in [0, 0.05) is 0 Å². The molecule has 0 aromatic heterocycles. The monoisotopic (exact) mass is 105 g/mol. The van der Waals surface area contributed by atoms with Gasteiger partial charge in [-0.25, -0.2) is 0 Å². The van der Waals surface area contributed by atoms with Crippen molar-refractivity contribution in [3.05, 3.63) is 0 Å². The normalized spacial score (nSPS) is 10.0. The standard InChI is InChI=1S/C4H12OSi/c1-3-6(5)4-2/h5-6H,3-4H2,1-2H3/p+1. The molecule has 0 bridgehead atoms. The SMILES string of the molecule is CC[SiH](O)CC.[H+]. The van der Waals surface area contributed by atoms with Gasteiger partial charge in [-0.05, 0) is 12.1 Å². The minimum Gasteiger partial charge on any atom is -0.435 e. The van der Waals surface area contributed by atoms with Crippen molar-refractivity contribution in [2.45, 2.75) is 25.9 Å². The fourth-order valence-electron chi connectivity index (χ4n) is 0.289. The molecule has 0 atom stereocenters. The molecule has 0 aromatic rings. The Morgan fingerprint density at radius 3 is 1.83 bits per heavy atom. The highest BCUT2D eigenvalue weighted by Crippen LogP contribution is 1.89. The summed E-state index contributed by atoms with van der Waals surface area (Å²) in [4.78, 5) is 8.81. The van der Waals surface area contributed by atoms with Gasteiger partial charge in [0.25, 0.3) is 0 Å². The molecular weight excluding hydrogens is 92.1 g/mol. The van der Waals surface area contributed by atoms with Crippen molar-refractivity contribution in [1.29, 1.82) is 0 Å². The van der Waals surface area contributed by atoms with E-state index >= 15 is 0 Å². The number of hydrogen-bond donors (Lipinski definition) is 1. The minimum atomic E-state index is -1.16. The second-order valence-electron chi connectivity index (χ2n) is 1.47. The van der Waals surface area contributed by atoms with Crippen LogP contribution in [-0.4, -0.2) is 13.8 Å². The Morgan fingerprint density at radius 2 is 1.83 bits per heavy atom. The zero-order valence-electron chi connectivity index (χ0n) is 5.44. The van der Waals surface area contributed by atoms with Crippen LogP contribution in [0, 0.1) is 0 Å². The van der Waals surface area contributed by atoms with Crippen LogP contribution in [0.25, 0.3) is 0 Å². The maximum absolute atomic E-state index is 8.81. The van der Waals surface area contributed by atoms with E-state index in [-0.39, 0.29) is 1.43 Å². The molecule has 1 N–H and O–H groups in total. The molecule has 0 unspecified atom stereocenters. The van der Waals surface area contributed by atoms with Crippen molar-refractivity contribution in [2.24, 2.45) is 0 Å². The molecule has 0 saturated heterocycles. The Labute approximate surface area is 42.2 Å². The number of hydrogen-bond acceptors (Lipinski definition) is 1. The fourth-order valence-corrected chi connectivity index (χ4v) is 0.866. The summed E-state index contributed by atoms with van der Waals surface area (Å²) in [6.07, 6.45) is 0. The quantitative estimate of drug-likeness (QED) is 0.516. The summed E-state index contributed by atoms with van der Waals surface area (Å²) in [5, 5.41) is 0. The lowest BCUT2D eigenvalue weighted by atomic mass is 11.0. The van der Waals surface area contributed by atoms with E-state index in [9.17, 15) is 0 Å². The van der Waals surface area contributed by atoms with E-state index in [1.54, 1.807) is 0 Å². The topological polar surface area (TPSA) is 20.2 Å². The van der Waals surface area contributed by atoms with Crippen LogP contribution in [0.1, 0.15) is 15.3 Å². The first kappa shape index (κ1) is 6.18. The Kier molecular flexibility index (Phi) is 3.47. The van der Waals surface area contributed by atoms with Gasteiger partial charge in [-0.15, -0.1) is 0 Å². The third kappa shape index (κ3) is 2.42. The van der Waals surface area contributed by atoms with Crippen LogP contribution in [0.4, 0.5) is 0 Å². The Morgan fingerprint density at radius 1 is 1.50 bits per heavy atom. The molecule has 0 aliphatic heterocycles. The van der Waals surface area contributed by atoms with Crippen LogP contribution in [0.5, 0.6) is 0 Å². The van der Waals surface area contributed by atoms with Crippen LogP contribution < -0.4 is 0 Å². The van der Waals surface area contributed by atoms with Crippen LogP contribution in [0.3, 0.4) is 0 Å². The average molecular weight is 105 g/mol. The van der Waals surface area contributed by atoms with Gasteiger partial charge in [0.1, 0.15) is 0 Å². The van der Waals surface area contributed by atoms with Crippen molar-refractivity contribution in [2.75, 3.05) is 0 Å². The van der Waals surface area contributed by atoms with Gasteiger partial charge in [-0.3, -0.25) is 0 Å². The van der Waals surface area contributed by atoms with E-state index in [2.05, 4.69) is 0 Å². The largest absolute Gasteiger partial charge is 1.00 e. The third-order valence-electron chi connectivity index (χ3n) is 0.942. The summed E-state index contributed by atoms with van der Waals surface area (Å²) in [6, 6.07) is 2.05. The summed E-state index contributed by atoms with van der Waals surface area (Å²) in [5.74, 6) is 0. The van der Waals surface area contributed by atoms with Crippen LogP contribution in [-0.2, 0) is 0 Å². The first-order valence-electron chi connectivity index (χ1n) is 2.49. The first-order valence-corrected chi connectivity index (χ1v) is 4.64. The highest BCUT2D eigenvalue weighted by Gasteiger charge is 1.94. The molecule has 0 saturated carbocycles. The van der Waals surface area contributed by atoms with Gasteiger partial charge in [-0.2, -0.15) is 0 Å². The maximum atomic E-state index is 8.81. The lowest BCUT2D eigenvalue weighted by molar-refractivity contribution is 0.570. The molecule has 0 aromatic carbocycles. The summed E-state index contributed by atoms with van der Waals surface area (Å²) in [5.41, 5.74) is 0. The highest BCUT2D eigenvalue weighted by molar-refractivity contribution is 6.49. The fraction of sp³-hybridized carbons (Fsp3) is 1.00. The van der Waals surface area contributed by atoms with Gasteiger partial charge < -0.3 is 4.80 Å². The molecule has 6 heavy (non-hydrogen) atoms. The maximum Gasteiger partial charge on any atom is 1.00 e. The van der Waals surface area contributed by atoms with E-state index in [4.69, 9.17) is 4.80 Å². The van der Waals surface area contributed by atoms with Gasteiger partial charge in [-0.1, -0.05) is 13.8 Å².